The van der Waals surface area contributed by atoms with Crippen LogP contribution >= 0.6 is 11.6 Å². The van der Waals surface area contributed by atoms with Crippen LogP contribution in [0.5, 0.6) is 5.75 Å². The Hall–Kier alpha value is -2.93. The number of piperidine rings is 1. The lowest BCUT2D eigenvalue weighted by molar-refractivity contribution is 0.194. The van der Waals surface area contributed by atoms with E-state index in [0.29, 0.717) is 16.2 Å². The molecule has 0 atom stereocenters. The number of rotatable bonds is 6. The zero-order valence-corrected chi connectivity index (χ0v) is 21.8. The Morgan fingerprint density at radius 2 is 1.95 bits per heavy atom. The molecule has 4 heterocycles. The van der Waals surface area contributed by atoms with E-state index < -0.39 is 0 Å². The standard InChI is InChI=1S/C30H33ClN4O2/c31-25-4-5-26(33-18-25)20-37-28-7-13-35(29(36)17-28)27-6-3-23-15-22(1-2-24(23)16-27)19-34-14-10-30(21-34)8-11-32-12-9-30/h1-2,4-5,7,13,15-18,32H,3,6,8-12,14,19-21H2. The van der Waals surface area contributed by atoms with E-state index in [2.05, 4.69) is 39.5 Å². The van der Waals surface area contributed by atoms with E-state index in [9.17, 15) is 4.79 Å². The fourth-order valence-electron chi connectivity index (χ4n) is 6.04. The monoisotopic (exact) mass is 516 g/mol. The lowest BCUT2D eigenvalue weighted by Crippen LogP contribution is -2.38. The molecule has 0 unspecified atom stereocenters. The number of ether oxygens (including phenoxy) is 1. The fraction of sp³-hybridized carbons (Fsp3) is 0.400. The highest BCUT2D eigenvalue weighted by atomic mass is 35.5. The van der Waals surface area contributed by atoms with Gasteiger partial charge in [-0.25, -0.2) is 0 Å². The van der Waals surface area contributed by atoms with Crippen molar-refractivity contribution in [3.63, 3.8) is 0 Å². The molecule has 0 bridgehead atoms. The van der Waals surface area contributed by atoms with Crippen molar-refractivity contribution < 1.29 is 4.74 Å². The van der Waals surface area contributed by atoms with Crippen molar-refractivity contribution in [2.24, 2.45) is 5.41 Å². The van der Waals surface area contributed by atoms with Gasteiger partial charge >= 0.3 is 0 Å². The molecule has 2 saturated heterocycles. The third kappa shape index (κ3) is 5.52. The predicted octanol–water partition coefficient (Wildman–Crippen LogP) is 5.00. The number of hydrogen-bond donors (Lipinski definition) is 1. The van der Waals surface area contributed by atoms with Gasteiger partial charge in [-0.1, -0.05) is 29.8 Å². The molecule has 1 N–H and O–H groups in total. The molecular formula is C30H33ClN4O2. The maximum Gasteiger partial charge on any atom is 0.258 e. The lowest BCUT2D eigenvalue weighted by atomic mass is 9.78. The first kappa shape index (κ1) is 24.4. The van der Waals surface area contributed by atoms with Crippen molar-refractivity contribution >= 4 is 23.4 Å². The van der Waals surface area contributed by atoms with E-state index in [-0.39, 0.29) is 12.2 Å². The van der Waals surface area contributed by atoms with Gasteiger partial charge in [0.1, 0.15) is 12.4 Å². The van der Waals surface area contributed by atoms with Gasteiger partial charge in [0.15, 0.2) is 0 Å². The molecular weight excluding hydrogens is 484 g/mol. The summed E-state index contributed by atoms with van der Waals surface area (Å²) < 4.78 is 7.50. The molecule has 6 rings (SSSR count). The molecule has 2 aliphatic heterocycles. The molecule has 7 heteroatoms. The number of fused-ring (bicyclic) bond motifs is 1. The van der Waals surface area contributed by atoms with Gasteiger partial charge in [-0.15, -0.1) is 0 Å². The summed E-state index contributed by atoms with van der Waals surface area (Å²) in [5.41, 5.74) is 6.21. The van der Waals surface area contributed by atoms with E-state index in [1.165, 1.54) is 62.1 Å². The highest BCUT2D eigenvalue weighted by Crippen LogP contribution is 2.39. The van der Waals surface area contributed by atoms with Crippen molar-refractivity contribution in [1.82, 2.24) is 19.8 Å². The highest BCUT2D eigenvalue weighted by molar-refractivity contribution is 6.30. The SMILES string of the molecule is O=c1cc(OCc2ccc(Cl)cn2)ccn1C1=Cc2ccc(CN3CCC4(CCNCC4)C3)cc2CC1. The molecule has 2 fully saturated rings. The zero-order valence-electron chi connectivity index (χ0n) is 21.1. The van der Waals surface area contributed by atoms with Crippen LogP contribution < -0.4 is 15.6 Å². The molecule has 0 amide bonds. The van der Waals surface area contributed by atoms with Gasteiger partial charge in [-0.05, 0) is 98.1 Å². The van der Waals surface area contributed by atoms with E-state index >= 15 is 0 Å². The lowest BCUT2D eigenvalue weighted by Gasteiger charge is -2.34. The van der Waals surface area contributed by atoms with Gasteiger partial charge in [-0.3, -0.25) is 19.2 Å². The second kappa shape index (κ2) is 10.4. The Kier molecular flexibility index (Phi) is 6.89. The number of likely N-dealkylation sites (tertiary alicyclic amines) is 1. The topological polar surface area (TPSA) is 59.4 Å². The van der Waals surface area contributed by atoms with Crippen molar-refractivity contribution in [2.45, 2.75) is 45.3 Å². The summed E-state index contributed by atoms with van der Waals surface area (Å²) in [6.07, 6.45) is 11.3. The maximum absolute atomic E-state index is 12.9. The summed E-state index contributed by atoms with van der Waals surface area (Å²) in [6.45, 7) is 6.09. The second-order valence-electron chi connectivity index (χ2n) is 10.7. The number of aryl methyl sites for hydroxylation is 1. The van der Waals surface area contributed by atoms with Crippen LogP contribution in [0.1, 0.15) is 48.1 Å². The van der Waals surface area contributed by atoms with Crippen molar-refractivity contribution in [3.8, 4) is 5.75 Å². The summed E-state index contributed by atoms with van der Waals surface area (Å²) in [5.74, 6) is 0.535. The average Bonchev–Trinajstić information content (AvgIpc) is 3.29. The number of aromatic nitrogens is 2. The number of hydrogen-bond acceptors (Lipinski definition) is 5. The Bertz CT molecular complexity index is 1360. The van der Waals surface area contributed by atoms with E-state index in [4.69, 9.17) is 16.3 Å². The number of halogens is 1. The normalized spacial score (nSPS) is 19.0. The van der Waals surface area contributed by atoms with Gasteiger partial charge in [0.2, 0.25) is 0 Å². The minimum absolute atomic E-state index is 0.0891. The smallest absolute Gasteiger partial charge is 0.258 e. The third-order valence-electron chi connectivity index (χ3n) is 8.14. The van der Waals surface area contributed by atoms with Gasteiger partial charge in [-0.2, -0.15) is 0 Å². The molecule has 6 nitrogen and oxygen atoms in total. The average molecular weight is 517 g/mol. The summed E-state index contributed by atoms with van der Waals surface area (Å²) in [7, 11) is 0. The maximum atomic E-state index is 12.9. The first-order valence-electron chi connectivity index (χ1n) is 13.3. The summed E-state index contributed by atoms with van der Waals surface area (Å²) in [4.78, 5) is 19.8. The Morgan fingerprint density at radius 1 is 1.05 bits per heavy atom. The van der Waals surface area contributed by atoms with Crippen molar-refractivity contribution in [1.29, 1.82) is 0 Å². The summed E-state index contributed by atoms with van der Waals surface area (Å²) >= 11 is 5.88. The van der Waals surface area contributed by atoms with Crippen LogP contribution in [0.3, 0.4) is 0 Å². The second-order valence-corrected chi connectivity index (χ2v) is 11.1. The zero-order chi connectivity index (χ0) is 25.2. The van der Waals surface area contributed by atoms with E-state index in [1.54, 1.807) is 22.9 Å². The summed E-state index contributed by atoms with van der Waals surface area (Å²) in [6, 6.07) is 13.8. The van der Waals surface area contributed by atoms with E-state index in [1.807, 2.05) is 18.3 Å². The van der Waals surface area contributed by atoms with Gasteiger partial charge < -0.3 is 10.1 Å². The van der Waals surface area contributed by atoms with Crippen molar-refractivity contribution in [2.75, 3.05) is 26.2 Å². The first-order valence-corrected chi connectivity index (χ1v) is 13.6. The number of nitrogens with one attached hydrogen (secondary N) is 1. The molecule has 1 aliphatic carbocycles. The largest absolute Gasteiger partial charge is 0.487 e. The number of benzene rings is 1. The highest BCUT2D eigenvalue weighted by Gasteiger charge is 2.38. The summed E-state index contributed by atoms with van der Waals surface area (Å²) in [5, 5.41) is 4.10. The van der Waals surface area contributed by atoms with Crippen molar-refractivity contribution in [3.05, 3.63) is 92.6 Å². The van der Waals surface area contributed by atoms with Crippen LogP contribution in [0.15, 0.2) is 59.7 Å². The number of allylic oxidation sites excluding steroid dienone is 1. The van der Waals surface area contributed by atoms with Crippen LogP contribution in [-0.2, 0) is 19.6 Å². The molecule has 0 saturated carbocycles. The van der Waals surface area contributed by atoms with Crippen LogP contribution in [0, 0.1) is 5.41 Å². The molecule has 1 spiro atoms. The predicted molar refractivity (Wildman–Crippen MR) is 148 cm³/mol. The van der Waals surface area contributed by atoms with E-state index in [0.717, 1.165) is 30.8 Å². The number of pyridine rings is 2. The van der Waals surface area contributed by atoms with Gasteiger partial charge in [0.05, 0.1) is 10.7 Å². The third-order valence-corrected chi connectivity index (χ3v) is 8.37. The number of nitrogens with zero attached hydrogens (tertiary/aromatic N) is 3. The molecule has 3 aromatic rings. The minimum Gasteiger partial charge on any atom is -0.487 e. The Labute approximate surface area is 222 Å². The van der Waals surface area contributed by atoms with Crippen LogP contribution in [0.4, 0.5) is 0 Å². The minimum atomic E-state index is -0.0891. The van der Waals surface area contributed by atoms with Crippen LogP contribution in [0.2, 0.25) is 5.02 Å². The van der Waals surface area contributed by atoms with Gasteiger partial charge in [0.25, 0.3) is 5.56 Å². The molecule has 37 heavy (non-hydrogen) atoms. The molecule has 1 aromatic carbocycles. The molecule has 192 valence electrons. The molecule has 0 radical (unpaired) electrons. The van der Waals surface area contributed by atoms with Crippen LogP contribution in [0.25, 0.3) is 11.8 Å². The molecule has 3 aliphatic rings. The molecule has 2 aromatic heterocycles. The Morgan fingerprint density at radius 3 is 2.76 bits per heavy atom. The first-order chi connectivity index (χ1) is 18.1. The Balaban J connectivity index is 1.11. The van der Waals surface area contributed by atoms with Gasteiger partial charge in [0, 0.05) is 37.2 Å². The van der Waals surface area contributed by atoms with Crippen LogP contribution in [-0.4, -0.2) is 40.6 Å². The quantitative estimate of drug-likeness (QED) is 0.500. The fourth-order valence-corrected chi connectivity index (χ4v) is 6.15.